The van der Waals surface area contributed by atoms with Crippen molar-refractivity contribution >= 4 is 22.9 Å². The van der Waals surface area contributed by atoms with Gasteiger partial charge >= 0.3 is 5.97 Å². The minimum absolute atomic E-state index is 0.0716. The van der Waals surface area contributed by atoms with E-state index in [1.165, 1.54) is 0 Å². The maximum Gasteiger partial charge on any atom is 0.310 e. The quantitative estimate of drug-likeness (QED) is 0.506. The normalized spacial score (nSPS) is 18.2. The third-order valence-electron chi connectivity index (χ3n) is 4.68. The van der Waals surface area contributed by atoms with Crippen molar-refractivity contribution in [3.8, 4) is 0 Å². The average Bonchev–Trinajstić information content (AvgIpc) is 3.08. The van der Waals surface area contributed by atoms with Crippen molar-refractivity contribution < 1.29 is 13.9 Å². The van der Waals surface area contributed by atoms with E-state index in [0.717, 1.165) is 55.0 Å². The molecule has 1 atom stereocenters. The topological polar surface area (TPSA) is 67.1 Å². The molecule has 1 aliphatic heterocycles. The predicted molar refractivity (Wildman–Crippen MR) is 102 cm³/mol. The van der Waals surface area contributed by atoms with Crippen LogP contribution >= 0.6 is 0 Å². The molecule has 1 fully saturated rings. The number of piperidine rings is 1. The number of carbonyl (C=O) groups excluding carboxylic acids is 1. The fourth-order valence-electron chi connectivity index (χ4n) is 3.41. The Bertz CT molecular complexity index is 736. The number of esters is 1. The van der Waals surface area contributed by atoms with Crippen LogP contribution in [0.4, 0.5) is 0 Å². The molecule has 1 unspecified atom stereocenters. The Labute approximate surface area is 154 Å². The van der Waals surface area contributed by atoms with Gasteiger partial charge in [-0.1, -0.05) is 18.2 Å². The molecule has 1 aromatic carbocycles. The number of carbonyl (C=O) groups is 1. The summed E-state index contributed by atoms with van der Waals surface area (Å²) < 4.78 is 11.0. The van der Waals surface area contributed by atoms with Crippen molar-refractivity contribution in [3.05, 3.63) is 36.1 Å². The van der Waals surface area contributed by atoms with Crippen molar-refractivity contribution in [3.63, 3.8) is 0 Å². The molecule has 0 amide bonds. The number of rotatable bonds is 5. The largest absolute Gasteiger partial charge is 0.466 e. The van der Waals surface area contributed by atoms with E-state index in [1.807, 2.05) is 25.1 Å². The van der Waals surface area contributed by atoms with Gasteiger partial charge < -0.3 is 19.4 Å². The third kappa shape index (κ3) is 4.36. The molecular weight excluding hydrogens is 330 g/mol. The number of para-hydroxylation sites is 1. The van der Waals surface area contributed by atoms with Crippen LogP contribution in [0.3, 0.4) is 0 Å². The summed E-state index contributed by atoms with van der Waals surface area (Å²) in [6, 6.07) is 10.1. The van der Waals surface area contributed by atoms with Crippen LogP contribution in [0.2, 0.25) is 0 Å². The molecule has 1 N–H and O–H groups in total. The number of nitrogens with one attached hydrogen (secondary N) is 1. The first-order valence-electron chi connectivity index (χ1n) is 9.31. The second-order valence-electron chi connectivity index (χ2n) is 6.51. The zero-order chi connectivity index (χ0) is 18.4. The Hall–Kier alpha value is -2.50. The number of hydrogen-bond acceptors (Lipinski definition) is 4. The second kappa shape index (κ2) is 8.74. The lowest BCUT2D eigenvalue weighted by Gasteiger charge is -2.33. The van der Waals surface area contributed by atoms with Crippen molar-refractivity contribution in [2.75, 3.05) is 33.3 Å². The first-order chi connectivity index (χ1) is 12.7. The lowest BCUT2D eigenvalue weighted by Crippen LogP contribution is -2.48. The van der Waals surface area contributed by atoms with E-state index in [1.54, 1.807) is 7.05 Å². The number of likely N-dealkylation sites (tertiary alicyclic amines) is 1. The van der Waals surface area contributed by atoms with E-state index in [9.17, 15) is 4.79 Å². The molecule has 1 aliphatic rings. The number of benzene rings is 1. The fourth-order valence-corrected chi connectivity index (χ4v) is 3.41. The van der Waals surface area contributed by atoms with E-state index in [0.29, 0.717) is 13.2 Å². The van der Waals surface area contributed by atoms with Crippen LogP contribution in [0.25, 0.3) is 11.0 Å². The lowest BCUT2D eigenvalue weighted by atomic mass is 9.98. The lowest BCUT2D eigenvalue weighted by molar-refractivity contribution is -0.149. The molecule has 2 aromatic rings. The van der Waals surface area contributed by atoms with Crippen LogP contribution in [0, 0.1) is 5.92 Å². The first kappa shape index (κ1) is 18.3. The molecule has 1 aromatic heterocycles. The Balaban J connectivity index is 1.53. The summed E-state index contributed by atoms with van der Waals surface area (Å²) in [5.74, 6) is 1.61. The van der Waals surface area contributed by atoms with Crippen LogP contribution < -0.4 is 5.32 Å². The van der Waals surface area contributed by atoms with Crippen molar-refractivity contribution in [1.29, 1.82) is 0 Å². The third-order valence-corrected chi connectivity index (χ3v) is 4.68. The molecule has 0 saturated carbocycles. The molecule has 6 nitrogen and oxygen atoms in total. The van der Waals surface area contributed by atoms with Crippen LogP contribution in [-0.2, 0) is 16.0 Å². The second-order valence-corrected chi connectivity index (χ2v) is 6.51. The van der Waals surface area contributed by atoms with E-state index in [2.05, 4.69) is 27.3 Å². The molecule has 0 bridgehead atoms. The monoisotopic (exact) mass is 357 g/mol. The molecular formula is C20H27N3O3. The summed E-state index contributed by atoms with van der Waals surface area (Å²) in [5, 5.41) is 4.51. The fraction of sp³-hybridized carbons (Fsp3) is 0.500. The summed E-state index contributed by atoms with van der Waals surface area (Å²) in [6.45, 7) is 4.56. The number of aliphatic imine (C=N–C) groups is 1. The minimum atomic E-state index is -0.102. The standard InChI is InChI=1S/C20H27N3O3/c1-3-25-19(24)16-8-6-12-23(14-16)20(21-2)22-11-10-17-13-15-7-4-5-9-18(15)26-17/h4-5,7,9,13,16H,3,6,8,10-12,14H2,1-2H3,(H,21,22). The van der Waals surface area contributed by atoms with E-state index in [-0.39, 0.29) is 11.9 Å². The van der Waals surface area contributed by atoms with Gasteiger partial charge in [-0.25, -0.2) is 0 Å². The summed E-state index contributed by atoms with van der Waals surface area (Å²) in [7, 11) is 1.78. The van der Waals surface area contributed by atoms with Crippen LogP contribution in [-0.4, -0.2) is 50.1 Å². The van der Waals surface area contributed by atoms with Gasteiger partial charge in [0.1, 0.15) is 11.3 Å². The highest BCUT2D eigenvalue weighted by Crippen LogP contribution is 2.20. The smallest absolute Gasteiger partial charge is 0.310 e. The highest BCUT2D eigenvalue weighted by Gasteiger charge is 2.28. The van der Waals surface area contributed by atoms with Gasteiger partial charge in [0.15, 0.2) is 5.96 Å². The average molecular weight is 357 g/mol. The zero-order valence-electron chi connectivity index (χ0n) is 15.5. The number of fused-ring (bicyclic) bond motifs is 1. The Kier molecular flexibility index (Phi) is 6.15. The van der Waals surface area contributed by atoms with E-state index >= 15 is 0 Å². The Morgan fingerprint density at radius 1 is 1.42 bits per heavy atom. The van der Waals surface area contributed by atoms with Crippen LogP contribution in [0.1, 0.15) is 25.5 Å². The minimum Gasteiger partial charge on any atom is -0.466 e. The van der Waals surface area contributed by atoms with E-state index in [4.69, 9.17) is 9.15 Å². The SMILES string of the molecule is CCOC(=O)C1CCCN(C(=NC)NCCc2cc3ccccc3o2)C1. The summed E-state index contributed by atoms with van der Waals surface area (Å²) >= 11 is 0. The van der Waals surface area contributed by atoms with Gasteiger partial charge in [-0.05, 0) is 31.9 Å². The van der Waals surface area contributed by atoms with E-state index < -0.39 is 0 Å². The number of hydrogen-bond donors (Lipinski definition) is 1. The maximum atomic E-state index is 12.0. The van der Waals surface area contributed by atoms with Gasteiger partial charge in [0.2, 0.25) is 0 Å². The predicted octanol–water partition coefficient (Wildman–Crippen LogP) is 2.83. The molecule has 0 spiro atoms. The molecule has 3 rings (SSSR count). The highest BCUT2D eigenvalue weighted by molar-refractivity contribution is 5.81. The molecule has 0 aliphatic carbocycles. The van der Waals surface area contributed by atoms with Crippen molar-refractivity contribution in [2.24, 2.45) is 10.9 Å². The number of furan rings is 1. The summed E-state index contributed by atoms with van der Waals surface area (Å²) in [6.07, 6.45) is 2.63. The molecule has 6 heteroatoms. The maximum absolute atomic E-state index is 12.0. The van der Waals surface area contributed by atoms with Crippen molar-refractivity contribution in [1.82, 2.24) is 10.2 Å². The molecule has 140 valence electrons. The summed E-state index contributed by atoms with van der Waals surface area (Å²) in [5.41, 5.74) is 0.917. The van der Waals surface area contributed by atoms with Gasteiger partial charge in [0.25, 0.3) is 0 Å². The van der Waals surface area contributed by atoms with Gasteiger partial charge in [-0.15, -0.1) is 0 Å². The van der Waals surface area contributed by atoms with Gasteiger partial charge in [-0.3, -0.25) is 9.79 Å². The molecule has 1 saturated heterocycles. The number of ether oxygens (including phenoxy) is 1. The van der Waals surface area contributed by atoms with Gasteiger partial charge in [0, 0.05) is 38.5 Å². The number of guanidine groups is 1. The first-order valence-corrected chi connectivity index (χ1v) is 9.31. The highest BCUT2D eigenvalue weighted by atomic mass is 16.5. The molecule has 2 heterocycles. The zero-order valence-corrected chi connectivity index (χ0v) is 15.5. The Morgan fingerprint density at radius 2 is 2.27 bits per heavy atom. The van der Waals surface area contributed by atoms with Crippen LogP contribution in [0.5, 0.6) is 0 Å². The molecule has 0 radical (unpaired) electrons. The summed E-state index contributed by atoms with van der Waals surface area (Å²) in [4.78, 5) is 18.5. The Morgan fingerprint density at radius 3 is 3.04 bits per heavy atom. The van der Waals surface area contributed by atoms with Gasteiger partial charge in [-0.2, -0.15) is 0 Å². The van der Waals surface area contributed by atoms with Gasteiger partial charge in [0.05, 0.1) is 12.5 Å². The van der Waals surface area contributed by atoms with Crippen LogP contribution in [0.15, 0.2) is 39.7 Å². The number of nitrogens with zero attached hydrogens (tertiary/aromatic N) is 2. The van der Waals surface area contributed by atoms with Crippen molar-refractivity contribution in [2.45, 2.75) is 26.2 Å². The molecule has 26 heavy (non-hydrogen) atoms.